The SMILES string of the molecule is CCN(CCN(C)C)C(=O)CCCc1cc(CNC(=O)C(C)(F)CC)ccn1. The molecule has 0 saturated heterocycles. The van der Waals surface area contributed by atoms with Crippen LogP contribution in [0.5, 0.6) is 0 Å². The van der Waals surface area contributed by atoms with Crippen LogP contribution >= 0.6 is 0 Å². The van der Waals surface area contributed by atoms with E-state index in [4.69, 9.17) is 0 Å². The van der Waals surface area contributed by atoms with Crippen LogP contribution < -0.4 is 5.32 Å². The Bertz CT molecular complexity index is 635. The van der Waals surface area contributed by atoms with Crippen LogP contribution in [0, 0.1) is 0 Å². The van der Waals surface area contributed by atoms with E-state index in [1.807, 2.05) is 32.0 Å². The van der Waals surface area contributed by atoms with Gasteiger partial charge in [-0.05, 0) is 64.9 Å². The minimum atomic E-state index is -1.85. The first-order valence-corrected chi connectivity index (χ1v) is 10.0. The molecule has 7 heteroatoms. The number of hydrogen-bond acceptors (Lipinski definition) is 4. The molecular weight excluding hydrogens is 359 g/mol. The Hall–Kier alpha value is -2.02. The number of carbonyl (C=O) groups excluding carboxylic acids is 2. The third-order valence-electron chi connectivity index (χ3n) is 4.85. The minimum Gasteiger partial charge on any atom is -0.349 e. The number of likely N-dealkylation sites (N-methyl/N-ethyl adjacent to an activating group) is 2. The predicted molar refractivity (Wildman–Crippen MR) is 110 cm³/mol. The topological polar surface area (TPSA) is 65.5 Å². The van der Waals surface area contributed by atoms with Gasteiger partial charge in [-0.15, -0.1) is 0 Å². The second kappa shape index (κ2) is 11.7. The van der Waals surface area contributed by atoms with Crippen molar-refractivity contribution in [3.63, 3.8) is 0 Å². The molecule has 0 aliphatic carbocycles. The number of alkyl halides is 1. The molecule has 0 spiro atoms. The molecule has 1 unspecified atom stereocenters. The summed E-state index contributed by atoms with van der Waals surface area (Å²) in [6, 6.07) is 3.70. The van der Waals surface area contributed by atoms with Gasteiger partial charge in [-0.2, -0.15) is 0 Å². The van der Waals surface area contributed by atoms with E-state index >= 15 is 0 Å². The molecule has 1 heterocycles. The van der Waals surface area contributed by atoms with Crippen LogP contribution in [0.1, 0.15) is 51.3 Å². The lowest BCUT2D eigenvalue weighted by atomic mass is 10.0. The molecule has 1 rings (SSSR count). The van der Waals surface area contributed by atoms with E-state index in [1.165, 1.54) is 6.92 Å². The number of nitrogens with zero attached hydrogens (tertiary/aromatic N) is 3. The zero-order valence-electron chi connectivity index (χ0n) is 17.9. The predicted octanol–water partition coefficient (Wildman–Crippen LogP) is 2.57. The first kappa shape index (κ1) is 24.0. The Morgan fingerprint density at radius 2 is 1.96 bits per heavy atom. The van der Waals surface area contributed by atoms with Gasteiger partial charge in [0, 0.05) is 44.5 Å². The molecule has 0 bridgehead atoms. The summed E-state index contributed by atoms with van der Waals surface area (Å²) in [6.45, 7) is 7.49. The number of halogens is 1. The van der Waals surface area contributed by atoms with Gasteiger partial charge in [-0.1, -0.05) is 6.92 Å². The van der Waals surface area contributed by atoms with E-state index in [9.17, 15) is 14.0 Å². The Kier molecular flexibility index (Phi) is 10.1. The van der Waals surface area contributed by atoms with Crippen molar-refractivity contribution in [2.45, 2.75) is 58.7 Å². The van der Waals surface area contributed by atoms with Crippen molar-refractivity contribution < 1.29 is 14.0 Å². The van der Waals surface area contributed by atoms with Crippen LogP contribution in [0.15, 0.2) is 18.3 Å². The highest BCUT2D eigenvalue weighted by molar-refractivity contribution is 5.84. The third kappa shape index (κ3) is 8.33. The zero-order valence-corrected chi connectivity index (χ0v) is 17.9. The number of aryl methyl sites for hydroxylation is 1. The van der Waals surface area contributed by atoms with Gasteiger partial charge >= 0.3 is 0 Å². The van der Waals surface area contributed by atoms with Crippen molar-refractivity contribution in [3.8, 4) is 0 Å². The summed E-state index contributed by atoms with van der Waals surface area (Å²) >= 11 is 0. The molecule has 0 aromatic carbocycles. The lowest BCUT2D eigenvalue weighted by Gasteiger charge is -2.22. The summed E-state index contributed by atoms with van der Waals surface area (Å²) in [4.78, 5) is 32.5. The molecule has 1 aromatic rings. The molecule has 1 atom stereocenters. The fourth-order valence-electron chi connectivity index (χ4n) is 2.66. The normalized spacial score (nSPS) is 13.2. The van der Waals surface area contributed by atoms with Crippen LogP contribution in [0.3, 0.4) is 0 Å². The molecular formula is C21H35FN4O2. The molecule has 1 N–H and O–H groups in total. The van der Waals surface area contributed by atoms with Crippen LogP contribution in [-0.2, 0) is 22.6 Å². The highest BCUT2D eigenvalue weighted by atomic mass is 19.1. The number of pyridine rings is 1. The maximum absolute atomic E-state index is 14.0. The molecule has 0 aliphatic rings. The average molecular weight is 395 g/mol. The van der Waals surface area contributed by atoms with Crippen LogP contribution in [-0.4, -0.2) is 66.0 Å². The summed E-state index contributed by atoms with van der Waals surface area (Å²) in [6.07, 6.45) is 3.72. The maximum Gasteiger partial charge on any atom is 0.257 e. The Morgan fingerprint density at radius 1 is 1.25 bits per heavy atom. The fraction of sp³-hybridized carbons (Fsp3) is 0.667. The van der Waals surface area contributed by atoms with Crippen LogP contribution in [0.25, 0.3) is 0 Å². The quantitative estimate of drug-likeness (QED) is 0.592. The maximum atomic E-state index is 14.0. The van der Waals surface area contributed by atoms with Crippen LogP contribution in [0.2, 0.25) is 0 Å². The number of amides is 2. The molecule has 158 valence electrons. The van der Waals surface area contributed by atoms with Gasteiger partial charge in [0.1, 0.15) is 0 Å². The van der Waals surface area contributed by atoms with Crippen molar-refractivity contribution in [1.29, 1.82) is 0 Å². The fourth-order valence-corrected chi connectivity index (χ4v) is 2.66. The van der Waals surface area contributed by atoms with E-state index < -0.39 is 11.6 Å². The van der Waals surface area contributed by atoms with Crippen LogP contribution in [0.4, 0.5) is 4.39 Å². The van der Waals surface area contributed by atoms with Gasteiger partial charge in [0.2, 0.25) is 5.91 Å². The van der Waals surface area contributed by atoms with Gasteiger partial charge in [-0.3, -0.25) is 14.6 Å². The Labute approximate surface area is 168 Å². The highest BCUT2D eigenvalue weighted by Crippen LogP contribution is 2.15. The lowest BCUT2D eigenvalue weighted by molar-refractivity contribution is -0.132. The Morgan fingerprint density at radius 3 is 2.57 bits per heavy atom. The van der Waals surface area contributed by atoms with Gasteiger partial charge in [0.05, 0.1) is 0 Å². The minimum absolute atomic E-state index is 0.137. The first-order chi connectivity index (χ1) is 13.2. The standard InChI is InChI=1S/C21H35FN4O2/c1-6-21(3,22)20(28)24-16-17-11-12-23-18(15-17)9-8-10-19(27)26(7-2)14-13-25(4)5/h11-12,15H,6-10,13-14,16H2,1-5H3,(H,24,28). The van der Waals surface area contributed by atoms with Crippen molar-refractivity contribution in [2.75, 3.05) is 33.7 Å². The lowest BCUT2D eigenvalue weighted by Crippen LogP contribution is -2.40. The summed E-state index contributed by atoms with van der Waals surface area (Å²) in [7, 11) is 3.99. The Balaban J connectivity index is 2.48. The second-order valence-electron chi connectivity index (χ2n) is 7.52. The largest absolute Gasteiger partial charge is 0.349 e. The molecule has 0 saturated carbocycles. The monoisotopic (exact) mass is 394 g/mol. The third-order valence-corrected chi connectivity index (χ3v) is 4.85. The molecule has 28 heavy (non-hydrogen) atoms. The number of nitrogens with one attached hydrogen (secondary N) is 1. The van der Waals surface area contributed by atoms with Gasteiger partial charge in [0.15, 0.2) is 5.67 Å². The summed E-state index contributed by atoms with van der Waals surface area (Å²) in [5.41, 5.74) is -0.110. The number of carbonyl (C=O) groups is 2. The number of rotatable bonds is 12. The molecule has 0 aliphatic heterocycles. The van der Waals surface area contributed by atoms with Gasteiger partial charge in [-0.25, -0.2) is 4.39 Å². The molecule has 6 nitrogen and oxygen atoms in total. The van der Waals surface area contributed by atoms with Gasteiger partial charge in [0.25, 0.3) is 5.91 Å². The average Bonchev–Trinajstić information content (AvgIpc) is 2.66. The van der Waals surface area contributed by atoms with E-state index in [1.54, 1.807) is 19.2 Å². The van der Waals surface area contributed by atoms with Crippen molar-refractivity contribution in [3.05, 3.63) is 29.6 Å². The second-order valence-corrected chi connectivity index (χ2v) is 7.52. The number of aromatic nitrogens is 1. The van der Waals surface area contributed by atoms with E-state index in [0.29, 0.717) is 19.4 Å². The van der Waals surface area contributed by atoms with Gasteiger partial charge < -0.3 is 15.1 Å². The molecule has 2 amide bonds. The highest BCUT2D eigenvalue weighted by Gasteiger charge is 2.30. The summed E-state index contributed by atoms with van der Waals surface area (Å²) in [5.74, 6) is -0.439. The smallest absolute Gasteiger partial charge is 0.257 e. The van der Waals surface area contributed by atoms with E-state index in [2.05, 4.69) is 15.2 Å². The molecule has 0 radical (unpaired) electrons. The van der Waals surface area contributed by atoms with Crippen molar-refractivity contribution in [2.24, 2.45) is 0 Å². The van der Waals surface area contributed by atoms with Crippen molar-refractivity contribution >= 4 is 11.8 Å². The summed E-state index contributed by atoms with van der Waals surface area (Å²) in [5, 5.41) is 2.63. The van der Waals surface area contributed by atoms with E-state index in [0.717, 1.165) is 30.8 Å². The van der Waals surface area contributed by atoms with Crippen molar-refractivity contribution in [1.82, 2.24) is 20.1 Å². The van der Waals surface area contributed by atoms with E-state index in [-0.39, 0.29) is 18.9 Å². The zero-order chi connectivity index (χ0) is 21.2. The number of hydrogen-bond donors (Lipinski definition) is 1. The molecule has 0 fully saturated rings. The summed E-state index contributed by atoms with van der Waals surface area (Å²) < 4.78 is 14.0. The first-order valence-electron chi connectivity index (χ1n) is 10.0. The molecule has 1 aromatic heterocycles.